The van der Waals surface area contributed by atoms with Gasteiger partial charge in [0.2, 0.25) is 5.91 Å². The van der Waals surface area contributed by atoms with Crippen molar-refractivity contribution in [3.8, 4) is 0 Å². The quantitative estimate of drug-likeness (QED) is 0.623. The van der Waals surface area contributed by atoms with Crippen LogP contribution >= 0.6 is 24.8 Å². The molecule has 1 saturated heterocycles. The molecule has 0 saturated carbocycles. The molecular weight excluding hydrogens is 394 g/mol. The molecule has 0 aromatic heterocycles. The first-order chi connectivity index (χ1) is 12.1. The summed E-state index contributed by atoms with van der Waals surface area (Å²) in [4.78, 5) is 28.1. The van der Waals surface area contributed by atoms with Crippen molar-refractivity contribution >= 4 is 36.6 Å². The minimum atomic E-state index is -0.509. The van der Waals surface area contributed by atoms with Crippen LogP contribution in [0.15, 0.2) is 24.3 Å². The average molecular weight is 423 g/mol. The highest BCUT2D eigenvalue weighted by molar-refractivity contribution is 5.94. The monoisotopic (exact) mass is 422 g/mol. The first kappa shape index (κ1) is 25.6. The number of carbonyl (C=O) groups excluding carboxylic acids is 2. The lowest BCUT2D eigenvalue weighted by Crippen LogP contribution is -2.50. The number of hydrogen-bond acceptors (Lipinski definition) is 4. The Kier molecular flexibility index (Phi) is 13.0. The van der Waals surface area contributed by atoms with Crippen molar-refractivity contribution in [2.24, 2.45) is 0 Å². The van der Waals surface area contributed by atoms with Gasteiger partial charge >= 0.3 is 0 Å². The van der Waals surface area contributed by atoms with Crippen LogP contribution in [0.5, 0.6) is 0 Å². The van der Waals surface area contributed by atoms with Gasteiger partial charge in [0.15, 0.2) is 0 Å². The Hall–Kier alpha value is -1.41. The molecule has 154 valence electrons. The second-order valence-electron chi connectivity index (χ2n) is 6.17. The van der Waals surface area contributed by atoms with Gasteiger partial charge in [-0.15, -0.1) is 24.8 Å². The van der Waals surface area contributed by atoms with E-state index in [-0.39, 0.29) is 36.3 Å². The van der Waals surface area contributed by atoms with Crippen molar-refractivity contribution in [3.05, 3.63) is 35.6 Å². The molecule has 6 nitrogen and oxygen atoms in total. The van der Waals surface area contributed by atoms with Crippen LogP contribution in [0.3, 0.4) is 0 Å². The molecule has 1 fully saturated rings. The minimum absolute atomic E-state index is 0. The summed E-state index contributed by atoms with van der Waals surface area (Å²) in [5, 5.41) is 5.79. The number of benzene rings is 1. The van der Waals surface area contributed by atoms with Crippen LogP contribution in [0.4, 0.5) is 4.39 Å². The second-order valence-corrected chi connectivity index (χ2v) is 6.17. The van der Waals surface area contributed by atoms with Gasteiger partial charge in [0.05, 0.1) is 5.56 Å². The number of nitrogens with zero attached hydrogens (tertiary/aromatic N) is 2. The maximum Gasteiger partial charge on any atom is 0.254 e. The highest BCUT2D eigenvalue weighted by atomic mass is 35.5. The molecule has 0 bridgehead atoms. The van der Waals surface area contributed by atoms with Gasteiger partial charge in [-0.05, 0) is 32.1 Å². The topological polar surface area (TPSA) is 64.7 Å². The maximum atomic E-state index is 13.5. The minimum Gasteiger partial charge on any atom is -0.351 e. The number of carbonyl (C=O) groups is 2. The number of hydrogen-bond donors (Lipinski definition) is 2. The summed E-state index contributed by atoms with van der Waals surface area (Å²) in [7, 11) is 1.88. The van der Waals surface area contributed by atoms with Gasteiger partial charge in [0.25, 0.3) is 5.91 Å². The molecule has 2 rings (SSSR count). The molecule has 1 aromatic rings. The Morgan fingerprint density at radius 2 is 1.74 bits per heavy atom. The summed E-state index contributed by atoms with van der Waals surface area (Å²) in [6.07, 6.45) is 1.44. The molecule has 0 radical (unpaired) electrons. The van der Waals surface area contributed by atoms with Gasteiger partial charge in [-0.2, -0.15) is 0 Å². The van der Waals surface area contributed by atoms with Gasteiger partial charge in [-0.25, -0.2) is 4.39 Å². The van der Waals surface area contributed by atoms with Crippen LogP contribution in [0.2, 0.25) is 0 Å². The van der Waals surface area contributed by atoms with E-state index in [1.807, 2.05) is 11.9 Å². The number of halogens is 3. The predicted molar refractivity (Wildman–Crippen MR) is 109 cm³/mol. The smallest absolute Gasteiger partial charge is 0.254 e. The van der Waals surface area contributed by atoms with Crippen LogP contribution in [-0.4, -0.2) is 74.5 Å². The molecule has 0 unspecified atom stereocenters. The average Bonchev–Trinajstić information content (AvgIpc) is 2.62. The van der Waals surface area contributed by atoms with Crippen LogP contribution in [0.25, 0.3) is 0 Å². The fourth-order valence-electron chi connectivity index (χ4n) is 2.86. The lowest BCUT2D eigenvalue weighted by Gasteiger charge is -2.34. The van der Waals surface area contributed by atoms with Gasteiger partial charge in [-0.1, -0.05) is 12.1 Å². The van der Waals surface area contributed by atoms with E-state index in [0.717, 1.165) is 39.1 Å². The Labute approximate surface area is 172 Å². The number of amides is 2. The summed E-state index contributed by atoms with van der Waals surface area (Å²) in [5.74, 6) is -0.690. The van der Waals surface area contributed by atoms with Crippen LogP contribution < -0.4 is 10.6 Å². The molecule has 1 aliphatic heterocycles. The molecule has 1 aromatic carbocycles. The van der Waals surface area contributed by atoms with E-state index in [0.29, 0.717) is 19.5 Å². The maximum absolute atomic E-state index is 13.5. The lowest BCUT2D eigenvalue weighted by atomic mass is 10.2. The standard InChI is InChI=1S/C18H27FN4O2.2ClH/c1-20-8-4-7-17(24)23-13-11-22(12-14-23)10-9-21-18(25)15-5-2-3-6-16(15)19;;/h2-3,5-6,20H,4,7-14H2,1H3,(H,21,25);2*1H. The van der Waals surface area contributed by atoms with Crippen molar-refractivity contribution in [3.63, 3.8) is 0 Å². The zero-order chi connectivity index (χ0) is 18.1. The lowest BCUT2D eigenvalue weighted by molar-refractivity contribution is -0.133. The van der Waals surface area contributed by atoms with E-state index in [1.165, 1.54) is 12.1 Å². The molecule has 2 N–H and O–H groups in total. The van der Waals surface area contributed by atoms with E-state index in [4.69, 9.17) is 0 Å². The van der Waals surface area contributed by atoms with Gasteiger partial charge in [-0.3, -0.25) is 14.5 Å². The second kappa shape index (κ2) is 13.7. The zero-order valence-corrected chi connectivity index (χ0v) is 17.2. The molecule has 2 amide bonds. The highest BCUT2D eigenvalue weighted by Crippen LogP contribution is 2.07. The van der Waals surface area contributed by atoms with Crippen LogP contribution in [-0.2, 0) is 4.79 Å². The highest BCUT2D eigenvalue weighted by Gasteiger charge is 2.20. The van der Waals surface area contributed by atoms with E-state index in [9.17, 15) is 14.0 Å². The third-order valence-electron chi connectivity index (χ3n) is 4.37. The summed E-state index contributed by atoms with van der Waals surface area (Å²) in [6.45, 7) is 5.05. The fourth-order valence-corrected chi connectivity index (χ4v) is 2.86. The first-order valence-electron chi connectivity index (χ1n) is 8.79. The molecule has 0 aliphatic carbocycles. The molecule has 0 spiro atoms. The van der Waals surface area contributed by atoms with Crippen molar-refractivity contribution in [1.29, 1.82) is 0 Å². The molecule has 27 heavy (non-hydrogen) atoms. The normalized spacial score (nSPS) is 14.1. The predicted octanol–water partition coefficient (Wildman–Crippen LogP) is 1.54. The Bertz CT molecular complexity index is 584. The van der Waals surface area contributed by atoms with Gasteiger partial charge in [0.1, 0.15) is 5.82 Å². The molecule has 1 heterocycles. The zero-order valence-electron chi connectivity index (χ0n) is 15.6. The molecule has 1 aliphatic rings. The van der Waals surface area contributed by atoms with E-state index >= 15 is 0 Å². The van der Waals surface area contributed by atoms with Crippen LogP contribution in [0, 0.1) is 5.82 Å². The number of rotatable bonds is 8. The Morgan fingerprint density at radius 1 is 1.07 bits per heavy atom. The third kappa shape index (κ3) is 8.43. The molecular formula is C18H29Cl2FN4O2. The van der Waals surface area contributed by atoms with E-state index < -0.39 is 11.7 Å². The van der Waals surface area contributed by atoms with Gasteiger partial charge < -0.3 is 15.5 Å². The Morgan fingerprint density at radius 3 is 2.37 bits per heavy atom. The number of nitrogens with one attached hydrogen (secondary N) is 2. The van der Waals surface area contributed by atoms with Gasteiger partial charge in [0, 0.05) is 45.7 Å². The largest absolute Gasteiger partial charge is 0.351 e. The van der Waals surface area contributed by atoms with Crippen molar-refractivity contribution in [1.82, 2.24) is 20.4 Å². The number of piperazine rings is 1. The third-order valence-corrected chi connectivity index (χ3v) is 4.37. The fraction of sp³-hybridized carbons (Fsp3) is 0.556. The first-order valence-corrected chi connectivity index (χ1v) is 8.79. The summed E-state index contributed by atoms with van der Waals surface area (Å²) in [5.41, 5.74) is 0.0690. The van der Waals surface area contributed by atoms with E-state index in [1.54, 1.807) is 12.1 Å². The van der Waals surface area contributed by atoms with Crippen molar-refractivity contribution in [2.45, 2.75) is 12.8 Å². The summed E-state index contributed by atoms with van der Waals surface area (Å²) in [6, 6.07) is 5.96. The molecule has 9 heteroatoms. The Balaban J connectivity index is 0.00000338. The summed E-state index contributed by atoms with van der Waals surface area (Å²) >= 11 is 0. The van der Waals surface area contributed by atoms with Crippen molar-refractivity contribution < 1.29 is 14.0 Å². The van der Waals surface area contributed by atoms with Crippen LogP contribution in [0.1, 0.15) is 23.2 Å². The summed E-state index contributed by atoms with van der Waals surface area (Å²) < 4.78 is 13.5. The molecule has 0 atom stereocenters. The van der Waals surface area contributed by atoms with E-state index in [2.05, 4.69) is 15.5 Å². The SMILES string of the molecule is CNCCCC(=O)N1CCN(CCNC(=O)c2ccccc2F)CC1.Cl.Cl. The van der Waals surface area contributed by atoms with Crippen molar-refractivity contribution in [2.75, 3.05) is 52.9 Å².